The molecule has 0 fully saturated rings. The molecule has 1 rings (SSSR count). The van der Waals surface area contributed by atoms with E-state index in [9.17, 15) is 9.59 Å². The topological polar surface area (TPSA) is 67.2 Å². The van der Waals surface area contributed by atoms with Gasteiger partial charge in [0.25, 0.3) is 0 Å². The summed E-state index contributed by atoms with van der Waals surface area (Å²) in [5.74, 6) is -1.65. The zero-order chi connectivity index (χ0) is 10.6. The maximum absolute atomic E-state index is 11.2. The third-order valence-electron chi connectivity index (χ3n) is 2.27. The largest absolute Gasteiger partial charge is 0.468 e. The van der Waals surface area contributed by atoms with Crippen molar-refractivity contribution in [1.29, 1.82) is 5.26 Å². The number of ketones is 1. The minimum atomic E-state index is -0.825. The van der Waals surface area contributed by atoms with Crippen molar-refractivity contribution in [2.45, 2.75) is 12.8 Å². The van der Waals surface area contributed by atoms with Crippen molar-refractivity contribution in [3.05, 3.63) is 12.2 Å². The molecule has 0 radical (unpaired) electrons. The predicted molar refractivity (Wildman–Crippen MR) is 48.0 cm³/mol. The number of ether oxygens (including phenoxy) is 1. The first-order valence-electron chi connectivity index (χ1n) is 4.36. The molecule has 0 aromatic heterocycles. The predicted octanol–water partition coefficient (Wildman–Crippen LogP) is 0.834. The molecule has 0 aliphatic heterocycles. The van der Waals surface area contributed by atoms with E-state index in [1.165, 1.54) is 13.2 Å². The highest BCUT2D eigenvalue weighted by Crippen LogP contribution is 2.25. The van der Waals surface area contributed by atoms with Crippen LogP contribution in [0.4, 0.5) is 0 Å². The van der Waals surface area contributed by atoms with Gasteiger partial charge in [-0.15, -0.1) is 0 Å². The van der Waals surface area contributed by atoms with E-state index < -0.39 is 11.9 Å². The van der Waals surface area contributed by atoms with Crippen molar-refractivity contribution in [2.24, 2.45) is 11.8 Å². The number of nitrogens with zero attached hydrogens (tertiary/aromatic N) is 1. The normalized spacial score (nSPS) is 22.6. The highest BCUT2D eigenvalue weighted by molar-refractivity contribution is 5.91. The first kappa shape index (κ1) is 10.5. The van der Waals surface area contributed by atoms with Crippen molar-refractivity contribution >= 4 is 11.8 Å². The van der Waals surface area contributed by atoms with Crippen LogP contribution in [0.25, 0.3) is 0 Å². The first-order valence-corrected chi connectivity index (χ1v) is 4.36. The summed E-state index contributed by atoms with van der Waals surface area (Å²) in [7, 11) is 1.24. The molecule has 0 bridgehead atoms. The van der Waals surface area contributed by atoms with Gasteiger partial charge in [-0.25, -0.2) is 0 Å². The molecule has 2 atom stereocenters. The molecule has 0 amide bonds. The van der Waals surface area contributed by atoms with Gasteiger partial charge in [0, 0.05) is 6.42 Å². The summed E-state index contributed by atoms with van der Waals surface area (Å²) in [4.78, 5) is 22.2. The molecule has 74 valence electrons. The average Bonchev–Trinajstić information content (AvgIpc) is 2.19. The van der Waals surface area contributed by atoms with Crippen molar-refractivity contribution < 1.29 is 14.3 Å². The number of hydrogen-bond donors (Lipinski definition) is 0. The Labute approximate surface area is 82.2 Å². The van der Waals surface area contributed by atoms with Gasteiger partial charge in [-0.05, 0) is 18.4 Å². The minimum absolute atomic E-state index is 0.0367. The Morgan fingerprint density at radius 3 is 3.00 bits per heavy atom. The van der Waals surface area contributed by atoms with E-state index in [-0.39, 0.29) is 18.1 Å². The summed E-state index contributed by atoms with van der Waals surface area (Å²) in [6.45, 7) is 0. The molecule has 0 N–H and O–H groups in total. The summed E-state index contributed by atoms with van der Waals surface area (Å²) in [6, 6.07) is 1.88. The Morgan fingerprint density at radius 2 is 2.50 bits per heavy atom. The fourth-order valence-corrected chi connectivity index (χ4v) is 1.52. The fraction of sp³-hybridized carbons (Fsp3) is 0.500. The molecule has 0 aromatic carbocycles. The van der Waals surface area contributed by atoms with Crippen LogP contribution in [0.1, 0.15) is 12.8 Å². The van der Waals surface area contributed by atoms with E-state index in [0.29, 0.717) is 6.42 Å². The highest BCUT2D eigenvalue weighted by atomic mass is 16.5. The number of carbonyl (C=O) groups is 2. The van der Waals surface area contributed by atoms with Gasteiger partial charge in [0.15, 0.2) is 5.78 Å². The van der Waals surface area contributed by atoms with Crippen LogP contribution in [-0.2, 0) is 14.3 Å². The Bertz CT molecular complexity index is 314. The molecule has 1 aliphatic rings. The van der Waals surface area contributed by atoms with Crippen molar-refractivity contribution in [2.75, 3.05) is 7.11 Å². The molecular weight excluding hydrogens is 182 g/mol. The number of methoxy groups -OCH3 is 1. The minimum Gasteiger partial charge on any atom is -0.468 e. The third kappa shape index (κ3) is 2.19. The number of rotatable bonds is 2. The Hall–Kier alpha value is -1.63. The smallest absolute Gasteiger partial charge is 0.323 e. The molecule has 0 aromatic rings. The summed E-state index contributed by atoms with van der Waals surface area (Å²) >= 11 is 0. The van der Waals surface area contributed by atoms with Crippen LogP contribution in [0.15, 0.2) is 12.2 Å². The number of hydrogen-bond acceptors (Lipinski definition) is 4. The van der Waals surface area contributed by atoms with Crippen molar-refractivity contribution in [3.63, 3.8) is 0 Å². The SMILES string of the molecule is COC(=O)C(C#N)C1CC=CC(=O)C1. The number of carbonyl (C=O) groups excluding carboxylic acids is 2. The van der Waals surface area contributed by atoms with Gasteiger partial charge < -0.3 is 4.74 Å². The third-order valence-corrected chi connectivity index (χ3v) is 2.27. The van der Waals surface area contributed by atoms with E-state index in [0.717, 1.165) is 0 Å². The van der Waals surface area contributed by atoms with Crippen molar-refractivity contribution in [3.8, 4) is 6.07 Å². The number of esters is 1. The Balaban J connectivity index is 2.72. The molecule has 0 heterocycles. The molecule has 1 aliphatic carbocycles. The van der Waals surface area contributed by atoms with Gasteiger partial charge >= 0.3 is 5.97 Å². The molecule has 0 saturated heterocycles. The second kappa shape index (κ2) is 4.56. The molecule has 4 nitrogen and oxygen atoms in total. The first-order chi connectivity index (χ1) is 6.69. The van der Waals surface area contributed by atoms with Crippen LogP contribution in [0.2, 0.25) is 0 Å². The highest BCUT2D eigenvalue weighted by Gasteiger charge is 2.31. The van der Waals surface area contributed by atoms with Crippen LogP contribution in [0, 0.1) is 23.2 Å². The lowest BCUT2D eigenvalue weighted by atomic mass is 9.83. The molecule has 4 heteroatoms. The fourth-order valence-electron chi connectivity index (χ4n) is 1.52. The second-order valence-corrected chi connectivity index (χ2v) is 3.20. The average molecular weight is 193 g/mol. The van der Waals surface area contributed by atoms with E-state index >= 15 is 0 Å². The lowest BCUT2D eigenvalue weighted by molar-refractivity contribution is -0.145. The lowest BCUT2D eigenvalue weighted by Crippen LogP contribution is -2.26. The summed E-state index contributed by atoms with van der Waals surface area (Å²) < 4.78 is 4.49. The van der Waals surface area contributed by atoms with Gasteiger partial charge in [0.2, 0.25) is 0 Å². The Morgan fingerprint density at radius 1 is 1.79 bits per heavy atom. The zero-order valence-electron chi connectivity index (χ0n) is 7.90. The lowest BCUT2D eigenvalue weighted by Gasteiger charge is -2.19. The van der Waals surface area contributed by atoms with E-state index in [1.807, 2.05) is 6.07 Å². The zero-order valence-corrected chi connectivity index (χ0v) is 7.90. The van der Waals surface area contributed by atoms with Gasteiger partial charge in [-0.2, -0.15) is 5.26 Å². The van der Waals surface area contributed by atoms with Crippen LogP contribution in [-0.4, -0.2) is 18.9 Å². The van der Waals surface area contributed by atoms with Gasteiger partial charge in [0.05, 0.1) is 13.2 Å². The quantitative estimate of drug-likeness (QED) is 0.609. The maximum Gasteiger partial charge on any atom is 0.323 e. The van der Waals surface area contributed by atoms with Gasteiger partial charge in [-0.1, -0.05) is 6.08 Å². The van der Waals surface area contributed by atoms with Gasteiger partial charge in [0.1, 0.15) is 5.92 Å². The monoisotopic (exact) mass is 193 g/mol. The number of allylic oxidation sites excluding steroid dienone is 2. The standard InChI is InChI=1S/C10H11NO3/c1-14-10(13)9(6-11)7-3-2-4-8(12)5-7/h2,4,7,9H,3,5H2,1H3. The van der Waals surface area contributed by atoms with Crippen LogP contribution < -0.4 is 0 Å². The maximum atomic E-state index is 11.2. The summed E-state index contributed by atoms with van der Waals surface area (Å²) in [5.41, 5.74) is 0. The van der Waals surface area contributed by atoms with Crippen molar-refractivity contribution in [1.82, 2.24) is 0 Å². The molecular formula is C10H11NO3. The second-order valence-electron chi connectivity index (χ2n) is 3.20. The molecule has 2 unspecified atom stereocenters. The van der Waals surface area contributed by atoms with Gasteiger partial charge in [-0.3, -0.25) is 9.59 Å². The van der Waals surface area contributed by atoms with Crippen LogP contribution in [0.5, 0.6) is 0 Å². The van der Waals surface area contributed by atoms with E-state index in [2.05, 4.69) is 4.74 Å². The van der Waals surface area contributed by atoms with Crippen LogP contribution >= 0.6 is 0 Å². The summed E-state index contributed by atoms with van der Waals surface area (Å²) in [5, 5.41) is 8.78. The van der Waals surface area contributed by atoms with Crippen LogP contribution in [0.3, 0.4) is 0 Å². The summed E-state index contributed by atoms with van der Waals surface area (Å²) in [6.07, 6.45) is 4.02. The van der Waals surface area contributed by atoms with E-state index in [4.69, 9.17) is 5.26 Å². The van der Waals surface area contributed by atoms with E-state index in [1.54, 1.807) is 6.08 Å². The number of nitriles is 1. The molecule has 0 spiro atoms. The Kier molecular flexibility index (Phi) is 3.41. The molecule has 14 heavy (non-hydrogen) atoms. The molecule has 0 saturated carbocycles.